The van der Waals surface area contributed by atoms with Crippen molar-refractivity contribution in [1.29, 1.82) is 0 Å². The van der Waals surface area contributed by atoms with Gasteiger partial charge in [-0.3, -0.25) is 4.79 Å². The summed E-state index contributed by atoms with van der Waals surface area (Å²) in [6, 6.07) is 11.0. The molecule has 0 spiro atoms. The van der Waals surface area contributed by atoms with E-state index in [1.54, 1.807) is 24.3 Å². The van der Waals surface area contributed by atoms with E-state index in [0.717, 1.165) is 17.0 Å². The van der Waals surface area contributed by atoms with E-state index in [9.17, 15) is 22.4 Å². The summed E-state index contributed by atoms with van der Waals surface area (Å²) < 4.78 is 54.8. The molecule has 1 heterocycles. The topological polar surface area (TPSA) is 51.0 Å². The summed E-state index contributed by atoms with van der Waals surface area (Å²) in [4.78, 5) is 13.7. The minimum Gasteiger partial charge on any atom is -0.336 e. The number of rotatable bonds is 4. The molecule has 0 aliphatic heterocycles. The molecule has 28 heavy (non-hydrogen) atoms. The van der Waals surface area contributed by atoms with E-state index in [1.807, 2.05) is 0 Å². The van der Waals surface area contributed by atoms with E-state index in [1.165, 1.54) is 19.2 Å². The fraction of sp³-hybridized carbons (Fsp3) is 0.167. The molecule has 3 rings (SSSR count). The highest BCUT2D eigenvalue weighted by atomic mass is 35.5. The summed E-state index contributed by atoms with van der Waals surface area (Å²) >= 11 is 5.89. The SMILES string of the molecule is CN(Cc1cccc(Cl)c1)C(=O)c1nnn(-c2cccc(F)c2)c1C(F)(F)F. The molecule has 1 aromatic heterocycles. The van der Waals surface area contributed by atoms with Gasteiger partial charge in [-0.1, -0.05) is 35.0 Å². The number of amides is 1. The van der Waals surface area contributed by atoms with Gasteiger partial charge in [-0.25, -0.2) is 9.07 Å². The summed E-state index contributed by atoms with van der Waals surface area (Å²) in [6.07, 6.45) is -4.93. The number of carbonyl (C=O) groups is 1. The monoisotopic (exact) mass is 412 g/mol. The van der Waals surface area contributed by atoms with Gasteiger partial charge in [-0.15, -0.1) is 5.10 Å². The van der Waals surface area contributed by atoms with Gasteiger partial charge in [0.15, 0.2) is 11.4 Å². The molecular formula is C18H13ClF4N4O. The first-order chi connectivity index (χ1) is 13.2. The largest absolute Gasteiger partial charge is 0.435 e. The minimum atomic E-state index is -4.93. The number of aromatic nitrogens is 3. The fourth-order valence-electron chi connectivity index (χ4n) is 2.63. The summed E-state index contributed by atoms with van der Waals surface area (Å²) in [7, 11) is 1.34. The van der Waals surface area contributed by atoms with Gasteiger partial charge in [0.05, 0.1) is 5.69 Å². The molecule has 0 atom stereocenters. The Kier molecular flexibility index (Phi) is 5.37. The average molecular weight is 413 g/mol. The van der Waals surface area contributed by atoms with Crippen LogP contribution in [0, 0.1) is 5.82 Å². The molecule has 0 fully saturated rings. The maximum Gasteiger partial charge on any atom is 0.435 e. The number of hydrogen-bond donors (Lipinski definition) is 0. The van der Waals surface area contributed by atoms with Crippen molar-refractivity contribution < 1.29 is 22.4 Å². The van der Waals surface area contributed by atoms with Crippen molar-refractivity contribution >= 4 is 17.5 Å². The Morgan fingerprint density at radius 1 is 1.18 bits per heavy atom. The van der Waals surface area contributed by atoms with Crippen LogP contribution in [0.3, 0.4) is 0 Å². The molecule has 0 unspecified atom stereocenters. The Balaban J connectivity index is 1.98. The molecule has 0 aliphatic rings. The number of nitrogens with zero attached hydrogens (tertiary/aromatic N) is 4. The molecular weight excluding hydrogens is 400 g/mol. The summed E-state index contributed by atoms with van der Waals surface area (Å²) in [5, 5.41) is 7.29. The molecule has 0 saturated heterocycles. The van der Waals surface area contributed by atoms with Crippen LogP contribution < -0.4 is 0 Å². The lowest BCUT2D eigenvalue weighted by molar-refractivity contribution is -0.143. The van der Waals surface area contributed by atoms with Crippen LogP contribution in [0.5, 0.6) is 0 Å². The highest BCUT2D eigenvalue weighted by molar-refractivity contribution is 6.30. The zero-order valence-corrected chi connectivity index (χ0v) is 15.2. The summed E-state index contributed by atoms with van der Waals surface area (Å²) in [5.74, 6) is -1.72. The van der Waals surface area contributed by atoms with Crippen LogP contribution in [0.2, 0.25) is 5.02 Å². The van der Waals surface area contributed by atoms with E-state index in [4.69, 9.17) is 11.6 Å². The smallest absolute Gasteiger partial charge is 0.336 e. The molecule has 5 nitrogen and oxygen atoms in total. The second kappa shape index (κ2) is 7.59. The predicted octanol–water partition coefficient (Wildman–Crippen LogP) is 4.35. The lowest BCUT2D eigenvalue weighted by Crippen LogP contribution is -2.29. The first-order valence-corrected chi connectivity index (χ1v) is 8.33. The zero-order chi connectivity index (χ0) is 20.5. The summed E-state index contributed by atoms with van der Waals surface area (Å²) in [5.41, 5.74) is -1.81. The Morgan fingerprint density at radius 2 is 1.89 bits per heavy atom. The van der Waals surface area contributed by atoms with Gasteiger partial charge < -0.3 is 4.90 Å². The lowest BCUT2D eigenvalue weighted by Gasteiger charge is -2.18. The molecule has 146 valence electrons. The van der Waals surface area contributed by atoms with Crippen molar-refractivity contribution in [3.8, 4) is 5.69 Å². The maximum absolute atomic E-state index is 13.6. The molecule has 0 radical (unpaired) electrons. The Hall–Kier alpha value is -2.94. The van der Waals surface area contributed by atoms with Gasteiger partial charge in [-0.05, 0) is 35.9 Å². The van der Waals surface area contributed by atoms with Gasteiger partial charge in [0.2, 0.25) is 0 Å². The molecule has 0 N–H and O–H groups in total. The molecule has 3 aromatic rings. The fourth-order valence-corrected chi connectivity index (χ4v) is 2.84. The molecule has 0 saturated carbocycles. The highest BCUT2D eigenvalue weighted by Gasteiger charge is 2.42. The summed E-state index contributed by atoms with van der Waals surface area (Å²) in [6.45, 7) is 0.0174. The van der Waals surface area contributed by atoms with Crippen LogP contribution in [-0.2, 0) is 12.7 Å². The lowest BCUT2D eigenvalue weighted by atomic mass is 10.2. The van der Waals surface area contributed by atoms with E-state index < -0.39 is 29.3 Å². The van der Waals surface area contributed by atoms with Crippen LogP contribution in [0.1, 0.15) is 21.7 Å². The van der Waals surface area contributed by atoms with Gasteiger partial charge in [0, 0.05) is 18.6 Å². The highest BCUT2D eigenvalue weighted by Crippen LogP contribution is 2.33. The number of halogens is 5. The van der Waals surface area contributed by atoms with Crippen molar-refractivity contribution in [1.82, 2.24) is 19.9 Å². The van der Waals surface area contributed by atoms with E-state index >= 15 is 0 Å². The number of carbonyl (C=O) groups excluding carboxylic acids is 1. The van der Waals surface area contributed by atoms with Crippen LogP contribution in [0.25, 0.3) is 5.69 Å². The third kappa shape index (κ3) is 4.14. The van der Waals surface area contributed by atoms with Crippen LogP contribution >= 0.6 is 11.6 Å². The van der Waals surface area contributed by atoms with Crippen LogP contribution in [0.4, 0.5) is 17.6 Å². The molecule has 0 aliphatic carbocycles. The molecule has 0 bridgehead atoms. The normalized spacial score (nSPS) is 11.5. The standard InChI is InChI=1S/C18H13ClF4N4O/c1-26(10-11-4-2-5-12(19)8-11)17(28)15-16(18(21,22)23)27(25-24-15)14-7-3-6-13(20)9-14/h2-9H,10H2,1H3. The predicted molar refractivity (Wildman–Crippen MR) is 93.6 cm³/mol. The van der Waals surface area contributed by atoms with Crippen LogP contribution in [0.15, 0.2) is 48.5 Å². The Bertz CT molecular complexity index is 1020. The van der Waals surface area contributed by atoms with Crippen molar-refractivity contribution in [2.24, 2.45) is 0 Å². The first-order valence-electron chi connectivity index (χ1n) is 7.95. The van der Waals surface area contributed by atoms with Crippen molar-refractivity contribution in [2.45, 2.75) is 12.7 Å². The molecule has 2 aromatic carbocycles. The number of benzene rings is 2. The van der Waals surface area contributed by atoms with Crippen molar-refractivity contribution in [2.75, 3.05) is 7.05 Å². The third-order valence-corrected chi connectivity index (χ3v) is 4.08. The van der Waals surface area contributed by atoms with Gasteiger partial charge in [-0.2, -0.15) is 13.2 Å². The van der Waals surface area contributed by atoms with E-state index in [2.05, 4.69) is 10.3 Å². The van der Waals surface area contributed by atoms with Crippen molar-refractivity contribution in [3.63, 3.8) is 0 Å². The van der Waals surface area contributed by atoms with Gasteiger partial charge in [0.1, 0.15) is 5.82 Å². The van der Waals surface area contributed by atoms with E-state index in [0.29, 0.717) is 15.3 Å². The third-order valence-electron chi connectivity index (χ3n) is 3.85. The number of alkyl halides is 3. The second-order valence-corrected chi connectivity index (χ2v) is 6.40. The van der Waals surface area contributed by atoms with Gasteiger partial charge >= 0.3 is 6.18 Å². The number of hydrogen-bond acceptors (Lipinski definition) is 3. The van der Waals surface area contributed by atoms with E-state index in [-0.39, 0.29) is 12.2 Å². The second-order valence-electron chi connectivity index (χ2n) is 5.97. The maximum atomic E-state index is 13.6. The zero-order valence-electron chi connectivity index (χ0n) is 14.4. The Labute approximate surface area is 162 Å². The average Bonchev–Trinajstić information content (AvgIpc) is 3.06. The molecule has 1 amide bonds. The van der Waals surface area contributed by atoms with Gasteiger partial charge in [0.25, 0.3) is 5.91 Å². The Morgan fingerprint density at radius 3 is 2.54 bits per heavy atom. The van der Waals surface area contributed by atoms with Crippen molar-refractivity contribution in [3.05, 3.63) is 76.3 Å². The molecule has 10 heteroatoms. The first kappa shape index (κ1) is 19.8. The minimum absolute atomic E-state index is 0.0174. The quantitative estimate of drug-likeness (QED) is 0.599. The van der Waals surface area contributed by atoms with Crippen LogP contribution in [-0.4, -0.2) is 32.8 Å².